The first-order valence-electron chi connectivity index (χ1n) is 6.95. The summed E-state index contributed by atoms with van der Waals surface area (Å²) < 4.78 is 4.83. The third-order valence-electron chi connectivity index (χ3n) is 2.81. The summed E-state index contributed by atoms with van der Waals surface area (Å²) in [6.45, 7) is 0. The summed E-state index contributed by atoms with van der Waals surface area (Å²) in [5.41, 5.74) is 2.86. The zero-order valence-corrected chi connectivity index (χ0v) is 12.5. The lowest BCUT2D eigenvalue weighted by atomic mass is 10.2. The Morgan fingerprint density at radius 3 is 2.50 bits per heavy atom. The molecule has 9 heteroatoms. The van der Waals surface area contributed by atoms with Crippen LogP contribution in [0.5, 0.6) is 0 Å². The maximum absolute atomic E-state index is 11.7. The van der Waals surface area contributed by atoms with Crippen molar-refractivity contribution < 1.29 is 18.9 Å². The standard InChI is InChI=1S/C15H14N4O5/c20-13(17-11-4-2-1-3-5-11)7-8-14(21)18-16-10-12-6-9-15(24-12)19(22)23/h1-6,9-10H,7-8H2,(H,17,20)(H,18,21)/b16-10-. The highest BCUT2D eigenvalue weighted by Crippen LogP contribution is 2.13. The second-order valence-corrected chi connectivity index (χ2v) is 4.64. The van der Waals surface area contributed by atoms with Crippen LogP contribution in [-0.4, -0.2) is 23.0 Å². The quantitative estimate of drug-likeness (QED) is 0.456. The van der Waals surface area contributed by atoms with E-state index in [4.69, 9.17) is 4.42 Å². The van der Waals surface area contributed by atoms with Gasteiger partial charge in [0.25, 0.3) is 0 Å². The van der Waals surface area contributed by atoms with E-state index in [-0.39, 0.29) is 24.5 Å². The molecule has 1 aromatic heterocycles. The highest BCUT2D eigenvalue weighted by Gasteiger charge is 2.10. The molecule has 2 amide bonds. The smallest absolute Gasteiger partial charge is 0.400 e. The summed E-state index contributed by atoms with van der Waals surface area (Å²) in [7, 11) is 0. The molecule has 2 rings (SSSR count). The molecule has 0 bridgehead atoms. The molecule has 0 fully saturated rings. The molecule has 0 saturated carbocycles. The first-order chi connectivity index (χ1) is 11.5. The van der Waals surface area contributed by atoms with E-state index < -0.39 is 16.7 Å². The number of nitrogens with zero attached hydrogens (tertiary/aromatic N) is 2. The average molecular weight is 330 g/mol. The summed E-state index contributed by atoms with van der Waals surface area (Å²) in [5, 5.41) is 16.7. The van der Waals surface area contributed by atoms with E-state index in [1.165, 1.54) is 12.1 Å². The number of anilines is 1. The van der Waals surface area contributed by atoms with Crippen molar-refractivity contribution >= 4 is 29.6 Å². The van der Waals surface area contributed by atoms with Crippen LogP contribution < -0.4 is 10.7 Å². The van der Waals surface area contributed by atoms with Gasteiger partial charge in [0.2, 0.25) is 11.8 Å². The van der Waals surface area contributed by atoms with Gasteiger partial charge in [-0.1, -0.05) is 18.2 Å². The van der Waals surface area contributed by atoms with Crippen LogP contribution >= 0.6 is 0 Å². The lowest BCUT2D eigenvalue weighted by Crippen LogP contribution is -2.20. The Labute approximate surface area is 136 Å². The SMILES string of the molecule is O=C(CCC(=O)Nc1ccccc1)N/N=C\c1ccc([N+](=O)[O-])o1. The van der Waals surface area contributed by atoms with Crippen LogP contribution in [0.4, 0.5) is 11.6 Å². The first kappa shape index (κ1) is 16.9. The Morgan fingerprint density at radius 1 is 1.12 bits per heavy atom. The number of carbonyl (C=O) groups is 2. The molecular weight excluding hydrogens is 316 g/mol. The zero-order valence-electron chi connectivity index (χ0n) is 12.5. The van der Waals surface area contributed by atoms with E-state index in [1.807, 2.05) is 6.07 Å². The van der Waals surface area contributed by atoms with Gasteiger partial charge in [0, 0.05) is 18.5 Å². The number of hydrogen-bond donors (Lipinski definition) is 2. The second kappa shape index (κ2) is 8.22. The number of amides is 2. The lowest BCUT2D eigenvalue weighted by molar-refractivity contribution is -0.402. The van der Waals surface area contributed by atoms with Gasteiger partial charge in [0.05, 0.1) is 12.3 Å². The predicted molar refractivity (Wildman–Crippen MR) is 85.4 cm³/mol. The number of para-hydroxylation sites is 1. The Balaban J connectivity index is 1.71. The molecule has 0 aliphatic carbocycles. The average Bonchev–Trinajstić information content (AvgIpc) is 3.03. The van der Waals surface area contributed by atoms with Crippen molar-refractivity contribution in [1.82, 2.24) is 5.43 Å². The summed E-state index contributed by atoms with van der Waals surface area (Å²) in [6, 6.07) is 11.4. The summed E-state index contributed by atoms with van der Waals surface area (Å²) >= 11 is 0. The fourth-order valence-corrected chi connectivity index (χ4v) is 1.71. The molecule has 124 valence electrons. The number of furan rings is 1. The molecule has 0 unspecified atom stereocenters. The van der Waals surface area contributed by atoms with Gasteiger partial charge in [-0.3, -0.25) is 19.7 Å². The van der Waals surface area contributed by atoms with Crippen LogP contribution in [0, 0.1) is 10.1 Å². The van der Waals surface area contributed by atoms with Crippen LogP contribution in [0.1, 0.15) is 18.6 Å². The van der Waals surface area contributed by atoms with E-state index in [0.717, 1.165) is 6.21 Å². The molecule has 0 spiro atoms. The normalized spacial score (nSPS) is 10.5. The summed E-state index contributed by atoms with van der Waals surface area (Å²) in [4.78, 5) is 33.0. The molecule has 2 aromatic rings. The van der Waals surface area contributed by atoms with Crippen molar-refractivity contribution in [3.63, 3.8) is 0 Å². The Morgan fingerprint density at radius 2 is 1.83 bits per heavy atom. The van der Waals surface area contributed by atoms with Crippen molar-refractivity contribution in [1.29, 1.82) is 0 Å². The minimum atomic E-state index is -0.679. The lowest BCUT2D eigenvalue weighted by Gasteiger charge is -2.04. The van der Waals surface area contributed by atoms with Crippen molar-refractivity contribution in [2.24, 2.45) is 5.10 Å². The van der Waals surface area contributed by atoms with Crippen molar-refractivity contribution in [3.8, 4) is 0 Å². The van der Waals surface area contributed by atoms with Crippen LogP contribution in [0.25, 0.3) is 0 Å². The topological polar surface area (TPSA) is 127 Å². The molecule has 0 aliphatic rings. The Kier molecular flexibility index (Phi) is 5.78. The van der Waals surface area contributed by atoms with E-state index in [0.29, 0.717) is 5.69 Å². The van der Waals surface area contributed by atoms with Crippen LogP contribution in [-0.2, 0) is 9.59 Å². The highest BCUT2D eigenvalue weighted by molar-refractivity contribution is 5.93. The Bertz CT molecular complexity index is 754. The number of nitrogens with one attached hydrogen (secondary N) is 2. The maximum Gasteiger partial charge on any atom is 0.433 e. The van der Waals surface area contributed by atoms with E-state index >= 15 is 0 Å². The zero-order chi connectivity index (χ0) is 17.4. The molecule has 0 saturated heterocycles. The molecule has 9 nitrogen and oxygen atoms in total. The van der Waals surface area contributed by atoms with Gasteiger partial charge < -0.3 is 9.73 Å². The third-order valence-corrected chi connectivity index (χ3v) is 2.81. The predicted octanol–water partition coefficient (Wildman–Crippen LogP) is 2.06. The maximum atomic E-state index is 11.7. The van der Waals surface area contributed by atoms with Crippen LogP contribution in [0.2, 0.25) is 0 Å². The molecule has 0 radical (unpaired) electrons. The summed E-state index contributed by atoms with van der Waals surface area (Å²) in [5.74, 6) is -1.04. The molecule has 0 atom stereocenters. The molecular formula is C15H14N4O5. The third kappa shape index (κ3) is 5.37. The van der Waals surface area contributed by atoms with Gasteiger partial charge in [0.15, 0.2) is 5.76 Å². The van der Waals surface area contributed by atoms with Crippen molar-refractivity contribution in [2.75, 3.05) is 5.32 Å². The van der Waals surface area contributed by atoms with Gasteiger partial charge in [-0.25, -0.2) is 5.43 Å². The molecule has 0 aliphatic heterocycles. The molecule has 2 N–H and O–H groups in total. The fourth-order valence-electron chi connectivity index (χ4n) is 1.71. The van der Waals surface area contributed by atoms with Crippen molar-refractivity contribution in [3.05, 3.63) is 58.3 Å². The molecule has 1 aromatic carbocycles. The molecule has 1 heterocycles. The van der Waals surface area contributed by atoms with Gasteiger partial charge in [0.1, 0.15) is 4.92 Å². The largest absolute Gasteiger partial charge is 0.433 e. The van der Waals surface area contributed by atoms with Gasteiger partial charge in [-0.2, -0.15) is 5.10 Å². The van der Waals surface area contributed by atoms with Gasteiger partial charge >= 0.3 is 5.88 Å². The fraction of sp³-hybridized carbons (Fsp3) is 0.133. The molecule has 24 heavy (non-hydrogen) atoms. The van der Waals surface area contributed by atoms with E-state index in [9.17, 15) is 19.7 Å². The number of carbonyl (C=O) groups excluding carboxylic acids is 2. The number of nitro groups is 1. The van der Waals surface area contributed by atoms with E-state index in [2.05, 4.69) is 15.8 Å². The minimum absolute atomic E-state index is 0.00245. The Hall–Kier alpha value is -3.49. The van der Waals surface area contributed by atoms with Crippen molar-refractivity contribution in [2.45, 2.75) is 12.8 Å². The first-order valence-corrected chi connectivity index (χ1v) is 6.95. The van der Waals surface area contributed by atoms with E-state index in [1.54, 1.807) is 24.3 Å². The second-order valence-electron chi connectivity index (χ2n) is 4.64. The van der Waals surface area contributed by atoms with Gasteiger partial charge in [-0.05, 0) is 18.2 Å². The monoisotopic (exact) mass is 330 g/mol. The number of hydrogen-bond acceptors (Lipinski definition) is 6. The minimum Gasteiger partial charge on any atom is -0.400 e. The number of rotatable bonds is 7. The van der Waals surface area contributed by atoms with Crippen LogP contribution in [0.15, 0.2) is 52.0 Å². The van der Waals surface area contributed by atoms with Gasteiger partial charge in [-0.15, -0.1) is 0 Å². The number of hydrazone groups is 1. The summed E-state index contributed by atoms with van der Waals surface area (Å²) in [6.07, 6.45) is 1.09. The van der Waals surface area contributed by atoms with Crippen LogP contribution in [0.3, 0.4) is 0 Å². The highest BCUT2D eigenvalue weighted by atomic mass is 16.6. The number of benzene rings is 1.